The first-order valence-electron chi connectivity index (χ1n) is 6.48. The van der Waals surface area contributed by atoms with Crippen molar-refractivity contribution in [3.05, 3.63) is 41.1 Å². The minimum Gasteiger partial charge on any atom is -0.492 e. The molecule has 0 radical (unpaired) electrons. The first-order chi connectivity index (χ1) is 8.63. The maximum absolute atomic E-state index is 9.82. The van der Waals surface area contributed by atoms with Gasteiger partial charge in [0.1, 0.15) is 0 Å². The van der Waals surface area contributed by atoms with Crippen LogP contribution < -0.4 is 0 Å². The fraction of sp³-hybridized carbons (Fsp3) is 0.400. The average molecular weight is 244 g/mol. The minimum absolute atomic E-state index is 0.141. The highest BCUT2D eigenvalue weighted by Crippen LogP contribution is 2.24. The van der Waals surface area contributed by atoms with Gasteiger partial charge in [-0.05, 0) is 44.4 Å². The second-order valence-electron chi connectivity index (χ2n) is 4.75. The van der Waals surface area contributed by atoms with Crippen LogP contribution in [0.15, 0.2) is 24.3 Å². The predicted octanol–water partition coefficient (Wildman–Crippen LogP) is 3.54. The fourth-order valence-electron chi connectivity index (χ4n) is 2.13. The molecule has 1 aromatic heterocycles. The molecule has 0 saturated heterocycles. The molecule has 0 fully saturated rings. The molecule has 2 rings (SSSR count). The lowest BCUT2D eigenvalue weighted by Gasteiger charge is -2.08. The van der Waals surface area contributed by atoms with Gasteiger partial charge in [-0.25, -0.2) is 4.68 Å². The Morgan fingerprint density at radius 2 is 2.06 bits per heavy atom. The quantitative estimate of drug-likeness (QED) is 0.893. The first kappa shape index (κ1) is 12.7. The highest BCUT2D eigenvalue weighted by atomic mass is 16.3. The number of hydrogen-bond acceptors (Lipinski definition) is 2. The highest BCUT2D eigenvalue weighted by Gasteiger charge is 2.14. The van der Waals surface area contributed by atoms with E-state index in [9.17, 15) is 5.11 Å². The van der Waals surface area contributed by atoms with Crippen LogP contribution in [0.25, 0.3) is 5.69 Å². The van der Waals surface area contributed by atoms with Crippen molar-refractivity contribution in [1.82, 2.24) is 9.78 Å². The lowest BCUT2D eigenvalue weighted by Crippen LogP contribution is -2.03. The molecule has 2 aromatic rings. The monoisotopic (exact) mass is 244 g/mol. The van der Waals surface area contributed by atoms with E-state index in [4.69, 9.17) is 0 Å². The molecular weight excluding hydrogens is 224 g/mol. The van der Waals surface area contributed by atoms with Crippen LogP contribution >= 0.6 is 0 Å². The zero-order chi connectivity index (χ0) is 13.1. The summed E-state index contributed by atoms with van der Waals surface area (Å²) in [6, 6.07) is 8.18. The van der Waals surface area contributed by atoms with Crippen LogP contribution in [0.5, 0.6) is 5.88 Å². The summed E-state index contributed by atoms with van der Waals surface area (Å²) in [6.45, 7) is 6.16. The summed E-state index contributed by atoms with van der Waals surface area (Å²) in [5.41, 5.74) is 4.22. The normalized spacial score (nSPS) is 10.8. The van der Waals surface area contributed by atoms with Crippen LogP contribution in [0.2, 0.25) is 0 Å². The minimum atomic E-state index is 0.141. The summed E-state index contributed by atoms with van der Waals surface area (Å²) in [4.78, 5) is 0. The summed E-state index contributed by atoms with van der Waals surface area (Å²) in [5.74, 6) is 0.141. The Kier molecular flexibility index (Phi) is 3.70. The van der Waals surface area contributed by atoms with Gasteiger partial charge in [0.25, 0.3) is 0 Å². The van der Waals surface area contributed by atoms with E-state index >= 15 is 0 Å². The van der Waals surface area contributed by atoms with E-state index in [0.29, 0.717) is 0 Å². The maximum Gasteiger partial charge on any atom is 0.233 e. The second-order valence-corrected chi connectivity index (χ2v) is 4.75. The molecule has 0 spiro atoms. The molecule has 0 aliphatic rings. The fourth-order valence-corrected chi connectivity index (χ4v) is 2.13. The third-order valence-electron chi connectivity index (χ3n) is 3.23. The summed E-state index contributed by atoms with van der Waals surface area (Å²) < 4.78 is 1.87. The van der Waals surface area contributed by atoms with E-state index in [2.05, 4.69) is 31.1 Å². The van der Waals surface area contributed by atoms with Crippen molar-refractivity contribution in [1.29, 1.82) is 0 Å². The van der Waals surface area contributed by atoms with Crippen molar-refractivity contribution < 1.29 is 5.11 Å². The lowest BCUT2D eigenvalue weighted by molar-refractivity contribution is 0.444. The highest BCUT2D eigenvalue weighted by molar-refractivity contribution is 5.40. The largest absolute Gasteiger partial charge is 0.492 e. The molecule has 0 unspecified atom stereocenters. The molecule has 1 aromatic carbocycles. The number of nitrogens with zero attached hydrogens (tertiary/aromatic N) is 2. The predicted molar refractivity (Wildman–Crippen MR) is 73.3 cm³/mol. The van der Waals surface area contributed by atoms with Crippen molar-refractivity contribution in [2.45, 2.75) is 40.0 Å². The van der Waals surface area contributed by atoms with Crippen LogP contribution in [-0.2, 0) is 6.42 Å². The van der Waals surface area contributed by atoms with Crippen LogP contribution in [-0.4, -0.2) is 14.9 Å². The van der Waals surface area contributed by atoms with Crippen molar-refractivity contribution in [2.75, 3.05) is 0 Å². The summed E-state index contributed by atoms with van der Waals surface area (Å²) >= 11 is 0. The number of unbranched alkanes of at least 4 members (excludes halogenated alkanes) is 1. The molecule has 96 valence electrons. The van der Waals surface area contributed by atoms with E-state index in [-0.39, 0.29) is 5.88 Å². The van der Waals surface area contributed by atoms with E-state index in [1.807, 2.05) is 23.7 Å². The summed E-state index contributed by atoms with van der Waals surface area (Å²) in [6.07, 6.45) is 3.20. The molecular formula is C15H20N2O. The Labute approximate surface area is 108 Å². The molecule has 3 nitrogen and oxygen atoms in total. The smallest absolute Gasteiger partial charge is 0.233 e. The lowest BCUT2D eigenvalue weighted by atomic mass is 10.1. The van der Waals surface area contributed by atoms with E-state index in [0.717, 1.165) is 36.2 Å². The zero-order valence-electron chi connectivity index (χ0n) is 11.3. The van der Waals surface area contributed by atoms with Gasteiger partial charge in [0.2, 0.25) is 5.88 Å². The van der Waals surface area contributed by atoms with Crippen LogP contribution in [0, 0.1) is 13.8 Å². The molecule has 18 heavy (non-hydrogen) atoms. The van der Waals surface area contributed by atoms with Crippen molar-refractivity contribution in [2.24, 2.45) is 0 Å². The van der Waals surface area contributed by atoms with Crippen LogP contribution in [0.1, 0.15) is 36.6 Å². The van der Waals surface area contributed by atoms with Crippen molar-refractivity contribution in [3.8, 4) is 11.6 Å². The molecule has 1 heterocycles. The van der Waals surface area contributed by atoms with Gasteiger partial charge in [-0.2, -0.15) is 0 Å². The van der Waals surface area contributed by atoms with Gasteiger partial charge < -0.3 is 5.11 Å². The Morgan fingerprint density at radius 3 is 2.72 bits per heavy atom. The number of benzene rings is 1. The number of aromatic nitrogens is 2. The molecule has 0 amide bonds. The summed E-state index contributed by atoms with van der Waals surface area (Å²) in [5, 5.41) is 14.1. The third-order valence-corrected chi connectivity index (χ3v) is 3.23. The first-order valence-corrected chi connectivity index (χ1v) is 6.48. The Morgan fingerprint density at radius 1 is 1.28 bits per heavy atom. The van der Waals surface area contributed by atoms with Gasteiger partial charge in [0.15, 0.2) is 0 Å². The number of rotatable bonds is 4. The topological polar surface area (TPSA) is 38.1 Å². The molecule has 3 heteroatoms. The van der Waals surface area contributed by atoms with E-state index in [1.54, 1.807) is 0 Å². The van der Waals surface area contributed by atoms with Gasteiger partial charge in [-0.15, -0.1) is 5.10 Å². The Hall–Kier alpha value is -1.77. The molecule has 0 atom stereocenters. The van der Waals surface area contributed by atoms with E-state index in [1.165, 1.54) is 5.56 Å². The standard InChI is InChI=1S/C15H20N2O/c1-4-5-9-14-12(3)15(18)16-17(14)13-8-6-7-11(2)10-13/h6-8,10H,4-5,9H2,1-3H3,(H,16,18). The van der Waals surface area contributed by atoms with Crippen molar-refractivity contribution in [3.63, 3.8) is 0 Å². The van der Waals surface area contributed by atoms with E-state index < -0.39 is 0 Å². The summed E-state index contributed by atoms with van der Waals surface area (Å²) in [7, 11) is 0. The molecule has 0 saturated carbocycles. The van der Waals surface area contributed by atoms with Gasteiger partial charge in [0, 0.05) is 5.56 Å². The number of hydrogen-bond donors (Lipinski definition) is 1. The third kappa shape index (κ3) is 2.40. The Balaban J connectivity index is 2.46. The van der Waals surface area contributed by atoms with Crippen molar-refractivity contribution >= 4 is 0 Å². The average Bonchev–Trinajstić information content (AvgIpc) is 2.64. The molecule has 0 aliphatic carbocycles. The second kappa shape index (κ2) is 5.25. The SMILES string of the molecule is CCCCc1c(C)c(O)nn1-c1cccc(C)c1. The van der Waals surface area contributed by atoms with Gasteiger partial charge in [0.05, 0.1) is 11.4 Å². The number of aryl methyl sites for hydroxylation is 1. The van der Waals surface area contributed by atoms with Crippen LogP contribution in [0.4, 0.5) is 0 Å². The Bertz CT molecular complexity index is 543. The molecule has 0 bridgehead atoms. The maximum atomic E-state index is 9.82. The van der Waals surface area contributed by atoms with Gasteiger partial charge in [-0.3, -0.25) is 0 Å². The number of aromatic hydroxyl groups is 1. The van der Waals surface area contributed by atoms with Gasteiger partial charge in [-0.1, -0.05) is 25.5 Å². The van der Waals surface area contributed by atoms with Gasteiger partial charge >= 0.3 is 0 Å². The van der Waals surface area contributed by atoms with Crippen LogP contribution in [0.3, 0.4) is 0 Å². The molecule has 1 N–H and O–H groups in total. The molecule has 0 aliphatic heterocycles. The zero-order valence-corrected chi connectivity index (χ0v) is 11.3.